The number of halogens is 1. The highest BCUT2D eigenvalue weighted by Gasteiger charge is 2.05. The fourth-order valence-corrected chi connectivity index (χ4v) is 3.19. The Morgan fingerprint density at radius 3 is 2.94 bits per heavy atom. The molecule has 2 nitrogen and oxygen atoms in total. The van der Waals surface area contributed by atoms with Gasteiger partial charge in [0, 0.05) is 21.2 Å². The van der Waals surface area contributed by atoms with Gasteiger partial charge in [-0.3, -0.25) is 0 Å². The van der Waals surface area contributed by atoms with Crippen molar-refractivity contribution in [2.24, 2.45) is 0 Å². The van der Waals surface area contributed by atoms with Gasteiger partial charge in [-0.15, -0.1) is 11.8 Å². The predicted molar refractivity (Wildman–Crippen MR) is 79.9 cm³/mol. The summed E-state index contributed by atoms with van der Waals surface area (Å²) in [5, 5.41) is 3.92. The maximum atomic E-state index is 5.27. The summed E-state index contributed by atoms with van der Waals surface area (Å²) in [6.45, 7) is 3.97. The molecule has 1 unspecified atom stereocenters. The molecule has 0 aliphatic rings. The summed E-state index contributed by atoms with van der Waals surface area (Å²) in [4.78, 5) is 1.29. The molecule has 0 spiro atoms. The summed E-state index contributed by atoms with van der Waals surface area (Å²) in [5.74, 6) is 0.981. The Morgan fingerprint density at radius 2 is 2.22 bits per heavy atom. The highest BCUT2D eigenvalue weighted by atomic mass is 79.9. The summed E-state index contributed by atoms with van der Waals surface area (Å²) >= 11 is 5.36. The molecule has 0 fully saturated rings. The lowest BCUT2D eigenvalue weighted by Crippen LogP contribution is -2.21. The van der Waals surface area contributed by atoms with Crippen LogP contribution in [0.1, 0.15) is 12.7 Å². The van der Waals surface area contributed by atoms with E-state index in [1.807, 2.05) is 30.0 Å². The number of furan rings is 1. The summed E-state index contributed by atoms with van der Waals surface area (Å²) in [7, 11) is 0. The average molecular weight is 326 g/mol. The van der Waals surface area contributed by atoms with Gasteiger partial charge in [-0.2, -0.15) is 0 Å². The van der Waals surface area contributed by atoms with Gasteiger partial charge in [-0.1, -0.05) is 28.9 Å². The Morgan fingerprint density at radius 1 is 1.33 bits per heavy atom. The molecule has 0 saturated carbocycles. The first-order chi connectivity index (χ1) is 8.74. The molecule has 18 heavy (non-hydrogen) atoms. The Hall–Kier alpha value is -0.710. The summed E-state index contributed by atoms with van der Waals surface area (Å²) < 4.78 is 6.40. The minimum absolute atomic E-state index is 0.522. The molecule has 1 atom stereocenters. The van der Waals surface area contributed by atoms with E-state index in [4.69, 9.17) is 4.42 Å². The summed E-state index contributed by atoms with van der Waals surface area (Å²) in [6.07, 6.45) is 1.71. The second-order valence-electron chi connectivity index (χ2n) is 4.10. The third-order valence-electron chi connectivity index (χ3n) is 2.44. The minimum atomic E-state index is 0.522. The van der Waals surface area contributed by atoms with Crippen molar-refractivity contribution >= 4 is 27.7 Å². The topological polar surface area (TPSA) is 25.2 Å². The molecule has 1 heterocycles. The first kappa shape index (κ1) is 13.7. The molecule has 2 rings (SSSR count). The number of rotatable bonds is 6. The molecule has 0 aliphatic carbocycles. The maximum absolute atomic E-state index is 5.27. The van der Waals surface area contributed by atoms with Gasteiger partial charge in [0.05, 0.1) is 12.8 Å². The second kappa shape index (κ2) is 7.02. The van der Waals surface area contributed by atoms with E-state index >= 15 is 0 Å². The minimum Gasteiger partial charge on any atom is -0.468 e. The molecule has 0 radical (unpaired) electrons. The fraction of sp³-hybridized carbons (Fsp3) is 0.286. The first-order valence-electron chi connectivity index (χ1n) is 5.89. The normalized spacial score (nSPS) is 12.6. The van der Waals surface area contributed by atoms with Crippen LogP contribution in [0, 0.1) is 0 Å². The van der Waals surface area contributed by atoms with Crippen LogP contribution in [0.15, 0.2) is 56.4 Å². The molecular formula is C14H16BrNOS. The SMILES string of the molecule is CC(CNCc1ccco1)Sc1cccc(Br)c1. The summed E-state index contributed by atoms with van der Waals surface area (Å²) in [6, 6.07) is 12.3. The van der Waals surface area contributed by atoms with E-state index in [-0.39, 0.29) is 0 Å². The maximum Gasteiger partial charge on any atom is 0.117 e. The van der Waals surface area contributed by atoms with Crippen molar-refractivity contribution in [3.8, 4) is 0 Å². The Bertz CT molecular complexity index is 472. The number of hydrogen-bond donors (Lipinski definition) is 1. The van der Waals surface area contributed by atoms with Crippen molar-refractivity contribution in [2.45, 2.75) is 23.6 Å². The van der Waals surface area contributed by atoms with E-state index in [0.717, 1.165) is 23.3 Å². The van der Waals surface area contributed by atoms with Gasteiger partial charge in [-0.05, 0) is 30.3 Å². The number of hydrogen-bond acceptors (Lipinski definition) is 3. The van der Waals surface area contributed by atoms with Crippen LogP contribution in [-0.2, 0) is 6.54 Å². The van der Waals surface area contributed by atoms with Gasteiger partial charge >= 0.3 is 0 Å². The fourth-order valence-electron chi connectivity index (χ4n) is 1.63. The van der Waals surface area contributed by atoms with Crippen LogP contribution >= 0.6 is 27.7 Å². The van der Waals surface area contributed by atoms with E-state index in [1.165, 1.54) is 4.90 Å². The lowest BCUT2D eigenvalue weighted by atomic mass is 10.4. The van der Waals surface area contributed by atoms with Gasteiger partial charge < -0.3 is 9.73 Å². The van der Waals surface area contributed by atoms with Crippen molar-refractivity contribution in [3.63, 3.8) is 0 Å². The van der Waals surface area contributed by atoms with Crippen molar-refractivity contribution in [2.75, 3.05) is 6.54 Å². The Balaban J connectivity index is 1.73. The molecule has 4 heteroatoms. The van der Waals surface area contributed by atoms with Gasteiger partial charge in [-0.25, -0.2) is 0 Å². The largest absolute Gasteiger partial charge is 0.468 e. The van der Waals surface area contributed by atoms with Crippen molar-refractivity contribution in [1.29, 1.82) is 0 Å². The average Bonchev–Trinajstić information content (AvgIpc) is 2.82. The van der Waals surface area contributed by atoms with Gasteiger partial charge in [0.15, 0.2) is 0 Å². The third-order valence-corrected chi connectivity index (χ3v) is 4.03. The van der Waals surface area contributed by atoms with Gasteiger partial charge in [0.1, 0.15) is 5.76 Å². The smallest absolute Gasteiger partial charge is 0.117 e. The van der Waals surface area contributed by atoms with Crippen LogP contribution in [0.25, 0.3) is 0 Å². The molecule has 1 aromatic heterocycles. The van der Waals surface area contributed by atoms with Gasteiger partial charge in [0.2, 0.25) is 0 Å². The zero-order chi connectivity index (χ0) is 12.8. The first-order valence-corrected chi connectivity index (χ1v) is 7.56. The van der Waals surface area contributed by atoms with E-state index in [2.05, 4.69) is 46.4 Å². The molecule has 0 saturated heterocycles. The van der Waals surface area contributed by atoms with E-state index in [0.29, 0.717) is 5.25 Å². The third kappa shape index (κ3) is 4.52. The molecule has 1 aromatic carbocycles. The predicted octanol–water partition coefficient (Wildman–Crippen LogP) is 4.31. The second-order valence-corrected chi connectivity index (χ2v) is 6.52. The van der Waals surface area contributed by atoms with E-state index in [1.54, 1.807) is 6.26 Å². The van der Waals surface area contributed by atoms with E-state index < -0.39 is 0 Å². The molecular weight excluding hydrogens is 310 g/mol. The van der Waals surface area contributed by atoms with Crippen LogP contribution in [0.3, 0.4) is 0 Å². The number of nitrogens with one attached hydrogen (secondary N) is 1. The van der Waals surface area contributed by atoms with Crippen LogP contribution in [0.4, 0.5) is 0 Å². The number of benzene rings is 1. The monoisotopic (exact) mass is 325 g/mol. The molecule has 0 amide bonds. The Labute approximate surface area is 120 Å². The van der Waals surface area contributed by atoms with Crippen molar-refractivity contribution in [3.05, 3.63) is 52.9 Å². The van der Waals surface area contributed by atoms with Crippen LogP contribution in [-0.4, -0.2) is 11.8 Å². The number of thioether (sulfide) groups is 1. The van der Waals surface area contributed by atoms with Crippen molar-refractivity contribution < 1.29 is 4.42 Å². The van der Waals surface area contributed by atoms with Crippen LogP contribution in [0.5, 0.6) is 0 Å². The molecule has 2 aromatic rings. The lowest BCUT2D eigenvalue weighted by Gasteiger charge is -2.12. The zero-order valence-electron chi connectivity index (χ0n) is 10.2. The quantitative estimate of drug-likeness (QED) is 0.801. The van der Waals surface area contributed by atoms with Crippen LogP contribution in [0.2, 0.25) is 0 Å². The molecule has 0 bridgehead atoms. The molecule has 96 valence electrons. The highest BCUT2D eigenvalue weighted by molar-refractivity contribution is 9.10. The van der Waals surface area contributed by atoms with Crippen LogP contribution < -0.4 is 5.32 Å². The highest BCUT2D eigenvalue weighted by Crippen LogP contribution is 2.25. The van der Waals surface area contributed by atoms with Gasteiger partial charge in [0.25, 0.3) is 0 Å². The standard InChI is InChI=1S/C14H16BrNOS/c1-11(9-16-10-13-5-3-7-17-13)18-14-6-2-4-12(15)8-14/h2-8,11,16H,9-10H2,1H3. The molecule has 0 aliphatic heterocycles. The zero-order valence-corrected chi connectivity index (χ0v) is 12.6. The molecule has 1 N–H and O–H groups in total. The van der Waals surface area contributed by atoms with E-state index in [9.17, 15) is 0 Å². The Kier molecular flexibility index (Phi) is 5.35. The summed E-state index contributed by atoms with van der Waals surface area (Å²) in [5.41, 5.74) is 0. The lowest BCUT2D eigenvalue weighted by molar-refractivity contribution is 0.484. The van der Waals surface area contributed by atoms with Crippen molar-refractivity contribution in [1.82, 2.24) is 5.32 Å².